The highest BCUT2D eigenvalue weighted by atomic mass is 16.5. The summed E-state index contributed by atoms with van der Waals surface area (Å²) >= 11 is 0. The summed E-state index contributed by atoms with van der Waals surface area (Å²) in [5, 5.41) is 13.2. The summed E-state index contributed by atoms with van der Waals surface area (Å²) in [7, 11) is 1.63. The molecule has 1 heterocycles. The molecule has 0 spiro atoms. The Morgan fingerprint density at radius 1 is 1.50 bits per heavy atom. The maximum absolute atomic E-state index is 9.95. The van der Waals surface area contributed by atoms with E-state index in [4.69, 9.17) is 4.74 Å². The fourth-order valence-electron chi connectivity index (χ4n) is 1.76. The third-order valence-electron chi connectivity index (χ3n) is 2.73. The predicted octanol–water partition coefficient (Wildman–Crippen LogP) is 1.79. The van der Waals surface area contributed by atoms with Crippen LogP contribution in [0.2, 0.25) is 0 Å². The van der Waals surface area contributed by atoms with Crippen LogP contribution >= 0.6 is 0 Å². The van der Waals surface area contributed by atoms with Crippen LogP contribution < -0.4 is 10.1 Å². The molecule has 76 valence electrons. The number of nitrogens with one attached hydrogen (secondary N) is 1. The van der Waals surface area contributed by atoms with E-state index >= 15 is 0 Å². The normalized spacial score (nSPS) is 25.1. The minimum Gasteiger partial charge on any atom is -0.497 e. The fraction of sp³-hybridized carbons (Fsp3) is 0.455. The average Bonchev–Trinajstić information content (AvgIpc) is 2.23. The molecule has 2 unspecified atom stereocenters. The number of benzene rings is 1. The molecule has 2 atom stereocenters. The predicted molar refractivity (Wildman–Crippen MR) is 55.6 cm³/mol. The van der Waals surface area contributed by atoms with E-state index in [9.17, 15) is 5.11 Å². The minimum atomic E-state index is -0.388. The summed E-state index contributed by atoms with van der Waals surface area (Å²) in [6, 6.07) is 5.74. The maximum Gasteiger partial charge on any atom is 0.119 e. The molecule has 1 aliphatic rings. The van der Waals surface area contributed by atoms with Crippen molar-refractivity contribution in [3.8, 4) is 5.75 Å². The van der Waals surface area contributed by atoms with Crippen LogP contribution in [0, 0.1) is 5.92 Å². The molecule has 2 N–H and O–H groups in total. The molecule has 0 fully saturated rings. The summed E-state index contributed by atoms with van der Waals surface area (Å²) in [6.45, 7) is 2.85. The van der Waals surface area contributed by atoms with Gasteiger partial charge in [-0.05, 0) is 18.2 Å². The highest BCUT2D eigenvalue weighted by Crippen LogP contribution is 2.35. The summed E-state index contributed by atoms with van der Waals surface area (Å²) in [5.74, 6) is 1.04. The number of aliphatic hydroxyl groups is 1. The van der Waals surface area contributed by atoms with Crippen molar-refractivity contribution in [3.05, 3.63) is 23.8 Å². The zero-order valence-electron chi connectivity index (χ0n) is 8.45. The quantitative estimate of drug-likeness (QED) is 0.714. The van der Waals surface area contributed by atoms with Crippen LogP contribution in [0.5, 0.6) is 5.75 Å². The van der Waals surface area contributed by atoms with Crippen molar-refractivity contribution in [1.29, 1.82) is 0 Å². The number of aliphatic hydroxyl groups excluding tert-OH is 1. The number of ether oxygens (including phenoxy) is 1. The van der Waals surface area contributed by atoms with Gasteiger partial charge in [-0.25, -0.2) is 0 Å². The number of hydrogen-bond donors (Lipinski definition) is 2. The largest absolute Gasteiger partial charge is 0.497 e. The molecule has 3 heteroatoms. The van der Waals surface area contributed by atoms with E-state index in [-0.39, 0.29) is 12.0 Å². The van der Waals surface area contributed by atoms with Gasteiger partial charge in [0.25, 0.3) is 0 Å². The molecule has 1 aromatic carbocycles. The molecule has 2 rings (SSSR count). The van der Waals surface area contributed by atoms with Crippen molar-refractivity contribution in [2.45, 2.75) is 13.0 Å². The smallest absolute Gasteiger partial charge is 0.119 e. The molecule has 0 aliphatic carbocycles. The van der Waals surface area contributed by atoms with Crippen LogP contribution in [0.4, 0.5) is 5.69 Å². The molecule has 0 saturated heterocycles. The van der Waals surface area contributed by atoms with E-state index in [1.807, 2.05) is 25.1 Å². The van der Waals surface area contributed by atoms with Crippen molar-refractivity contribution in [2.75, 3.05) is 19.0 Å². The van der Waals surface area contributed by atoms with Crippen LogP contribution in [-0.4, -0.2) is 18.8 Å². The zero-order chi connectivity index (χ0) is 10.1. The van der Waals surface area contributed by atoms with Gasteiger partial charge in [-0.2, -0.15) is 0 Å². The van der Waals surface area contributed by atoms with Crippen LogP contribution in [-0.2, 0) is 0 Å². The Kier molecular flexibility index (Phi) is 2.33. The second kappa shape index (κ2) is 3.50. The lowest BCUT2D eigenvalue weighted by atomic mass is 9.92. The molecular weight excluding hydrogens is 178 g/mol. The van der Waals surface area contributed by atoms with E-state index < -0.39 is 0 Å². The van der Waals surface area contributed by atoms with Gasteiger partial charge in [0, 0.05) is 23.7 Å². The first-order valence-electron chi connectivity index (χ1n) is 4.82. The van der Waals surface area contributed by atoms with Crippen LogP contribution in [0.25, 0.3) is 0 Å². The van der Waals surface area contributed by atoms with Crippen LogP contribution in [0.3, 0.4) is 0 Å². The maximum atomic E-state index is 9.95. The van der Waals surface area contributed by atoms with Crippen molar-refractivity contribution in [1.82, 2.24) is 0 Å². The standard InChI is InChI=1S/C11H15NO2/c1-7-6-12-10-4-3-8(14-2)5-9(10)11(7)13/h3-5,7,11-13H,6H2,1-2H3. The number of anilines is 1. The summed E-state index contributed by atoms with van der Waals surface area (Å²) in [4.78, 5) is 0. The first kappa shape index (κ1) is 9.34. The summed E-state index contributed by atoms with van der Waals surface area (Å²) in [5.41, 5.74) is 1.94. The first-order chi connectivity index (χ1) is 6.72. The number of hydrogen-bond acceptors (Lipinski definition) is 3. The van der Waals surface area contributed by atoms with Gasteiger partial charge in [-0.3, -0.25) is 0 Å². The van der Waals surface area contributed by atoms with E-state index in [0.29, 0.717) is 0 Å². The topological polar surface area (TPSA) is 41.5 Å². The molecule has 0 bridgehead atoms. The number of methoxy groups -OCH3 is 1. The Hall–Kier alpha value is -1.22. The average molecular weight is 193 g/mol. The lowest BCUT2D eigenvalue weighted by Gasteiger charge is -2.28. The third kappa shape index (κ3) is 1.44. The van der Waals surface area contributed by atoms with Gasteiger partial charge in [0.05, 0.1) is 13.2 Å². The molecule has 1 aliphatic heterocycles. The van der Waals surface area contributed by atoms with Crippen molar-refractivity contribution < 1.29 is 9.84 Å². The Labute approximate surface area is 83.7 Å². The molecule has 3 nitrogen and oxygen atoms in total. The van der Waals surface area contributed by atoms with Crippen molar-refractivity contribution >= 4 is 5.69 Å². The summed E-state index contributed by atoms with van der Waals surface area (Å²) in [6.07, 6.45) is -0.388. The highest BCUT2D eigenvalue weighted by Gasteiger charge is 2.24. The number of rotatable bonds is 1. The van der Waals surface area contributed by atoms with E-state index in [0.717, 1.165) is 23.5 Å². The van der Waals surface area contributed by atoms with Gasteiger partial charge in [-0.1, -0.05) is 6.92 Å². The minimum absolute atomic E-state index is 0.245. The van der Waals surface area contributed by atoms with E-state index in [1.54, 1.807) is 7.11 Å². The Balaban J connectivity index is 2.41. The van der Waals surface area contributed by atoms with Gasteiger partial charge < -0.3 is 15.2 Å². The van der Waals surface area contributed by atoms with Crippen molar-refractivity contribution in [3.63, 3.8) is 0 Å². The third-order valence-corrected chi connectivity index (χ3v) is 2.73. The van der Waals surface area contributed by atoms with Crippen LogP contribution in [0.15, 0.2) is 18.2 Å². The lowest BCUT2D eigenvalue weighted by Crippen LogP contribution is -2.25. The molecule has 0 amide bonds. The molecule has 0 radical (unpaired) electrons. The van der Waals surface area contributed by atoms with Gasteiger partial charge in [0.15, 0.2) is 0 Å². The Bertz CT molecular complexity index is 338. The highest BCUT2D eigenvalue weighted by molar-refractivity contribution is 5.57. The lowest BCUT2D eigenvalue weighted by molar-refractivity contribution is 0.119. The first-order valence-corrected chi connectivity index (χ1v) is 4.82. The summed E-state index contributed by atoms with van der Waals surface area (Å²) < 4.78 is 5.12. The Morgan fingerprint density at radius 2 is 2.29 bits per heavy atom. The molecule has 0 aromatic heterocycles. The fourth-order valence-corrected chi connectivity index (χ4v) is 1.76. The molecular formula is C11H15NO2. The Morgan fingerprint density at radius 3 is 3.00 bits per heavy atom. The number of fused-ring (bicyclic) bond motifs is 1. The van der Waals surface area contributed by atoms with E-state index in [2.05, 4.69) is 5.32 Å². The van der Waals surface area contributed by atoms with Gasteiger partial charge in [0.1, 0.15) is 5.75 Å². The molecule has 1 aromatic rings. The van der Waals surface area contributed by atoms with Crippen molar-refractivity contribution in [2.24, 2.45) is 5.92 Å². The second-order valence-corrected chi connectivity index (χ2v) is 3.76. The van der Waals surface area contributed by atoms with Gasteiger partial charge in [0.2, 0.25) is 0 Å². The van der Waals surface area contributed by atoms with Gasteiger partial charge >= 0.3 is 0 Å². The monoisotopic (exact) mass is 193 g/mol. The molecule has 0 saturated carbocycles. The van der Waals surface area contributed by atoms with Crippen LogP contribution in [0.1, 0.15) is 18.6 Å². The van der Waals surface area contributed by atoms with Gasteiger partial charge in [-0.15, -0.1) is 0 Å². The zero-order valence-corrected chi connectivity index (χ0v) is 8.45. The SMILES string of the molecule is COc1ccc2c(c1)C(O)C(C)CN2. The molecule has 14 heavy (non-hydrogen) atoms. The van der Waals surface area contributed by atoms with E-state index in [1.165, 1.54) is 0 Å². The second-order valence-electron chi connectivity index (χ2n) is 3.76.